The highest BCUT2D eigenvalue weighted by molar-refractivity contribution is 6.08. The Hall–Kier alpha value is -5.84. The number of carbonyl (C=O) groups excluding carboxylic acids is 3. The zero-order valence-corrected chi connectivity index (χ0v) is 37.5. The first-order chi connectivity index (χ1) is 32.5. The molecule has 16 nitrogen and oxygen atoms in total. The molecule has 4 aliphatic heterocycles. The molecule has 4 aromatic heterocycles. The van der Waals surface area contributed by atoms with E-state index in [9.17, 15) is 23.2 Å². The molecular weight excluding hydrogens is 866 g/mol. The van der Waals surface area contributed by atoms with Crippen molar-refractivity contribution in [2.45, 2.75) is 94.5 Å². The summed E-state index contributed by atoms with van der Waals surface area (Å²) in [7, 11) is 2.13. The average Bonchev–Trinajstić information content (AvgIpc) is 3.71. The van der Waals surface area contributed by atoms with Crippen molar-refractivity contribution < 1.29 is 32.3 Å². The van der Waals surface area contributed by atoms with E-state index in [2.05, 4.69) is 54.4 Å². The minimum atomic E-state index is -2.89. The summed E-state index contributed by atoms with van der Waals surface area (Å²) in [6, 6.07) is 7.79. The van der Waals surface area contributed by atoms with E-state index in [1.165, 1.54) is 16.9 Å². The van der Waals surface area contributed by atoms with Crippen LogP contribution in [0, 0.1) is 29.6 Å². The van der Waals surface area contributed by atoms with Gasteiger partial charge >= 0.3 is 0 Å². The number of rotatable bonds is 12. The third-order valence-corrected chi connectivity index (χ3v) is 14.9. The molecule has 6 fully saturated rings. The zero-order chi connectivity index (χ0) is 45.9. The van der Waals surface area contributed by atoms with Crippen molar-refractivity contribution in [2.75, 3.05) is 69.7 Å². The van der Waals surface area contributed by atoms with Gasteiger partial charge < -0.3 is 19.9 Å². The van der Waals surface area contributed by atoms with Crippen LogP contribution in [0.1, 0.15) is 110 Å². The smallest absolute Gasteiger partial charge is 0.284 e. The molecule has 2 saturated carbocycles. The van der Waals surface area contributed by atoms with Gasteiger partial charge in [0.1, 0.15) is 24.2 Å². The van der Waals surface area contributed by atoms with Crippen molar-refractivity contribution in [3.8, 4) is 11.8 Å². The number of anilines is 2. The second kappa shape index (κ2) is 18.0. The molecule has 67 heavy (non-hydrogen) atoms. The van der Waals surface area contributed by atoms with Crippen LogP contribution in [0.2, 0.25) is 0 Å². The number of para-hydroxylation sites is 1. The van der Waals surface area contributed by atoms with Crippen LogP contribution in [0.25, 0.3) is 16.6 Å². The van der Waals surface area contributed by atoms with Gasteiger partial charge in [-0.2, -0.15) is 15.3 Å². The summed E-state index contributed by atoms with van der Waals surface area (Å²) in [6.45, 7) is 5.84. The summed E-state index contributed by atoms with van der Waals surface area (Å²) in [5, 5.41) is 19.5. The fourth-order valence-corrected chi connectivity index (χ4v) is 10.9. The molecule has 8 heterocycles. The van der Waals surface area contributed by atoms with E-state index in [0.717, 1.165) is 93.5 Å². The van der Waals surface area contributed by atoms with Gasteiger partial charge in [-0.1, -0.05) is 24.0 Å². The van der Waals surface area contributed by atoms with Gasteiger partial charge in [0.2, 0.25) is 11.8 Å². The Bertz CT molecular complexity index is 2750. The third kappa shape index (κ3) is 8.79. The highest BCUT2D eigenvalue weighted by Gasteiger charge is 2.40. The molecule has 19 heteroatoms. The molecule has 0 bridgehead atoms. The number of piperidine rings is 2. The number of imide groups is 1. The maximum Gasteiger partial charge on any atom is 0.284 e. The number of ether oxygens (including phenoxy) is 1. The lowest BCUT2D eigenvalue weighted by Gasteiger charge is -2.50. The van der Waals surface area contributed by atoms with Crippen molar-refractivity contribution in [2.24, 2.45) is 17.8 Å². The molecule has 2 N–H and O–H groups in total. The minimum absolute atomic E-state index is 0.0299. The Morgan fingerprint density at radius 2 is 1.76 bits per heavy atom. The molecule has 3 atom stereocenters. The molecule has 1 aromatic carbocycles. The van der Waals surface area contributed by atoms with Gasteiger partial charge in [-0.3, -0.25) is 34.0 Å². The van der Waals surface area contributed by atoms with Crippen LogP contribution < -0.4 is 15.5 Å². The first-order valence-corrected chi connectivity index (χ1v) is 23.8. The summed E-state index contributed by atoms with van der Waals surface area (Å²) < 4.78 is 55.3. The molecule has 0 radical (unpaired) electrons. The monoisotopic (exact) mass is 920 g/mol. The quantitative estimate of drug-likeness (QED) is 0.120. The topological polar surface area (TPSA) is 160 Å². The van der Waals surface area contributed by atoms with Gasteiger partial charge in [0.15, 0.2) is 11.3 Å². The van der Waals surface area contributed by atoms with Crippen molar-refractivity contribution in [1.29, 1.82) is 0 Å². The van der Waals surface area contributed by atoms with Crippen molar-refractivity contribution in [3.05, 3.63) is 65.4 Å². The Morgan fingerprint density at radius 1 is 0.970 bits per heavy atom. The number of likely N-dealkylation sites (tertiary alicyclic amines) is 2. The molecule has 6 aliphatic rings. The summed E-state index contributed by atoms with van der Waals surface area (Å²) in [4.78, 5) is 49.6. The maximum absolute atomic E-state index is 15.6. The molecule has 2 aliphatic carbocycles. The van der Waals surface area contributed by atoms with E-state index in [1.54, 1.807) is 10.9 Å². The molecule has 3 amide bonds. The summed E-state index contributed by atoms with van der Waals surface area (Å²) in [5.74, 6) is 7.09. The number of fused-ring (bicyclic) bond motifs is 2. The number of amides is 3. The van der Waals surface area contributed by atoms with Gasteiger partial charge in [0.05, 0.1) is 52.8 Å². The number of hydrogen-bond donors (Lipinski definition) is 2. The van der Waals surface area contributed by atoms with E-state index in [-0.39, 0.29) is 54.7 Å². The summed E-state index contributed by atoms with van der Waals surface area (Å²) in [6.07, 6.45) is 6.43. The van der Waals surface area contributed by atoms with Crippen LogP contribution >= 0.6 is 0 Å². The van der Waals surface area contributed by atoms with Crippen LogP contribution in [0.15, 0.2) is 42.9 Å². The first-order valence-electron chi connectivity index (χ1n) is 23.8. The summed E-state index contributed by atoms with van der Waals surface area (Å²) in [5.41, 5.74) is 2.37. The van der Waals surface area contributed by atoms with Gasteiger partial charge in [0.25, 0.3) is 12.3 Å². The number of benzene rings is 1. The van der Waals surface area contributed by atoms with Crippen LogP contribution in [-0.2, 0) is 14.3 Å². The van der Waals surface area contributed by atoms with Gasteiger partial charge in [0, 0.05) is 70.0 Å². The van der Waals surface area contributed by atoms with E-state index >= 15 is 4.39 Å². The van der Waals surface area contributed by atoms with Gasteiger partial charge in [-0.25, -0.2) is 22.7 Å². The number of alkyl halides is 3. The van der Waals surface area contributed by atoms with Gasteiger partial charge in [-0.15, -0.1) is 0 Å². The third-order valence-electron chi connectivity index (χ3n) is 14.9. The highest BCUT2D eigenvalue weighted by Crippen LogP contribution is 2.41. The lowest BCUT2D eigenvalue weighted by molar-refractivity contribution is -0.134. The molecule has 11 rings (SSSR count). The largest absolute Gasteiger partial charge is 0.362 e. The SMILES string of the molecule is CN1CC(C2CN(c3ccn4ncc(C(=O)Nc5cn(C6CCC(CN7CC[C@@H](OCC#Cc8cccc9c(C%10CCC(=O)NC%10=O)nn(C%10CC%10)c89)[C@@H](F)C7)CC6)nc5C(F)F)c4n3)C2)C1. The molecule has 4 saturated heterocycles. The molecule has 0 spiro atoms. The van der Waals surface area contributed by atoms with E-state index < -0.39 is 36.2 Å². The van der Waals surface area contributed by atoms with E-state index in [1.807, 2.05) is 28.9 Å². The van der Waals surface area contributed by atoms with Gasteiger partial charge in [-0.05, 0) is 88.3 Å². The standard InChI is InChI=1S/C48H55F3N12O4/c1-58-22-30(23-58)31-24-60(25-31)40-16-18-61-46(54-40)36(20-52-61)48(66)53-38-27-62(56-43(38)45(50)51)32-9-7-28(8-10-32)21-59-17-15-39(37(49)26-59)67-19-3-5-29-4-2-6-34-42(35-13-14-41(64)55-47(35)65)57-63(44(29)34)33-11-12-33/h2,4,6,16,18,20,27-28,30-33,35,37,39,45H,7-15,17,19,21-26H2,1H3,(H,53,66)(H,55,64,65)/t28?,32?,35?,37-,39+/m0/s1. The fraction of sp³-hybridized carbons (Fsp3) is 0.562. The average molecular weight is 921 g/mol. The van der Waals surface area contributed by atoms with Crippen molar-refractivity contribution in [3.63, 3.8) is 0 Å². The Kier molecular flexibility index (Phi) is 11.7. The lowest BCUT2D eigenvalue weighted by atomic mass is 9.81. The number of halogens is 3. The van der Waals surface area contributed by atoms with E-state index in [0.29, 0.717) is 48.5 Å². The molecule has 5 aromatic rings. The van der Waals surface area contributed by atoms with Crippen LogP contribution in [0.3, 0.4) is 0 Å². The number of hydrogen-bond acceptors (Lipinski definition) is 11. The second-order valence-electron chi connectivity index (χ2n) is 19.6. The van der Waals surface area contributed by atoms with Crippen molar-refractivity contribution in [1.82, 2.24) is 49.3 Å². The summed E-state index contributed by atoms with van der Waals surface area (Å²) >= 11 is 0. The minimum Gasteiger partial charge on any atom is -0.362 e. The zero-order valence-electron chi connectivity index (χ0n) is 37.5. The van der Waals surface area contributed by atoms with Crippen LogP contribution in [-0.4, -0.2) is 133 Å². The Morgan fingerprint density at radius 3 is 2.51 bits per heavy atom. The van der Waals surface area contributed by atoms with Crippen molar-refractivity contribution >= 4 is 45.8 Å². The first kappa shape index (κ1) is 43.7. The van der Waals surface area contributed by atoms with Crippen LogP contribution in [0.5, 0.6) is 0 Å². The number of carbonyl (C=O) groups is 3. The normalized spacial score (nSPS) is 25.6. The molecular formula is C48H55F3N12O4. The fourth-order valence-electron chi connectivity index (χ4n) is 10.9. The van der Waals surface area contributed by atoms with E-state index in [4.69, 9.17) is 14.8 Å². The maximum atomic E-state index is 15.6. The number of nitrogens with one attached hydrogen (secondary N) is 2. The number of aromatic nitrogens is 7. The predicted molar refractivity (Wildman–Crippen MR) is 242 cm³/mol. The Balaban J connectivity index is 0.660. The lowest BCUT2D eigenvalue weighted by Crippen LogP contribution is -2.58. The van der Waals surface area contributed by atoms with Crippen LogP contribution in [0.4, 0.5) is 24.7 Å². The molecule has 352 valence electrons. The predicted octanol–water partition coefficient (Wildman–Crippen LogP) is 5.53. The Labute approximate surface area is 385 Å². The number of nitrogens with zero attached hydrogens (tertiary/aromatic N) is 10. The highest BCUT2D eigenvalue weighted by atomic mass is 19.3. The second-order valence-corrected chi connectivity index (χ2v) is 19.6. The molecule has 1 unspecified atom stereocenters.